The molecule has 0 fully saturated rings. The summed E-state index contributed by atoms with van der Waals surface area (Å²) in [5.74, 6) is 0.826. The number of hydrogen-bond donors (Lipinski definition) is 2. The quantitative estimate of drug-likeness (QED) is 0.771. The van der Waals surface area contributed by atoms with Crippen molar-refractivity contribution in [3.05, 3.63) is 28.8 Å². The Labute approximate surface area is 115 Å². The van der Waals surface area contributed by atoms with Crippen molar-refractivity contribution in [3.63, 3.8) is 0 Å². The molecule has 1 rings (SSSR count). The first-order chi connectivity index (χ1) is 8.91. The number of carbonyl (C=O) groups excluding carboxylic acids is 1. The standard InChI is InChI=1S/C15H24N2O2/c1-10-8-11(2)14(12(3)9-10)19-7-5-6-17-15(18)13(4)16/h8-9,13H,5-7,16H2,1-4H3,(H,17,18). The number of nitrogens with one attached hydrogen (secondary N) is 1. The molecule has 1 aromatic carbocycles. The summed E-state index contributed by atoms with van der Waals surface area (Å²) < 4.78 is 5.78. The molecule has 1 atom stereocenters. The molecule has 19 heavy (non-hydrogen) atoms. The highest BCUT2D eigenvalue weighted by Crippen LogP contribution is 2.24. The lowest BCUT2D eigenvalue weighted by molar-refractivity contribution is -0.121. The number of aryl methyl sites for hydroxylation is 3. The molecule has 106 valence electrons. The van der Waals surface area contributed by atoms with Crippen LogP contribution in [0.3, 0.4) is 0 Å². The van der Waals surface area contributed by atoms with Crippen LogP contribution in [-0.2, 0) is 4.79 Å². The molecule has 0 bridgehead atoms. The van der Waals surface area contributed by atoms with E-state index < -0.39 is 6.04 Å². The van der Waals surface area contributed by atoms with Crippen LogP contribution in [0, 0.1) is 20.8 Å². The van der Waals surface area contributed by atoms with Crippen LogP contribution in [0.5, 0.6) is 5.75 Å². The maximum Gasteiger partial charge on any atom is 0.236 e. The van der Waals surface area contributed by atoms with Gasteiger partial charge in [-0.1, -0.05) is 17.7 Å². The fraction of sp³-hybridized carbons (Fsp3) is 0.533. The van der Waals surface area contributed by atoms with Crippen LogP contribution in [0.15, 0.2) is 12.1 Å². The van der Waals surface area contributed by atoms with E-state index in [2.05, 4.69) is 24.4 Å². The van der Waals surface area contributed by atoms with Gasteiger partial charge >= 0.3 is 0 Å². The normalized spacial score (nSPS) is 12.1. The molecule has 0 spiro atoms. The van der Waals surface area contributed by atoms with Crippen LogP contribution in [0.2, 0.25) is 0 Å². The van der Waals surface area contributed by atoms with E-state index in [1.54, 1.807) is 6.92 Å². The third kappa shape index (κ3) is 4.91. The third-order valence-electron chi connectivity index (χ3n) is 2.88. The number of ether oxygens (including phenoxy) is 1. The summed E-state index contributed by atoms with van der Waals surface area (Å²) in [7, 11) is 0. The Morgan fingerprint density at radius 2 is 1.89 bits per heavy atom. The van der Waals surface area contributed by atoms with Crippen LogP contribution in [-0.4, -0.2) is 25.1 Å². The number of nitrogens with two attached hydrogens (primary N) is 1. The number of benzene rings is 1. The van der Waals surface area contributed by atoms with E-state index in [4.69, 9.17) is 10.5 Å². The van der Waals surface area contributed by atoms with Crippen molar-refractivity contribution in [2.75, 3.05) is 13.2 Å². The lowest BCUT2D eigenvalue weighted by Gasteiger charge is -2.13. The lowest BCUT2D eigenvalue weighted by Crippen LogP contribution is -2.38. The SMILES string of the molecule is Cc1cc(C)c(OCCCNC(=O)C(C)N)c(C)c1. The van der Waals surface area contributed by atoms with Crippen LogP contribution >= 0.6 is 0 Å². The summed E-state index contributed by atoms with van der Waals surface area (Å²) in [6.45, 7) is 9.02. The van der Waals surface area contributed by atoms with Crippen LogP contribution in [0.1, 0.15) is 30.0 Å². The number of carbonyl (C=O) groups is 1. The van der Waals surface area contributed by atoms with E-state index in [9.17, 15) is 4.79 Å². The zero-order chi connectivity index (χ0) is 14.4. The van der Waals surface area contributed by atoms with Gasteiger partial charge in [0.25, 0.3) is 0 Å². The van der Waals surface area contributed by atoms with Crippen LogP contribution < -0.4 is 15.8 Å². The van der Waals surface area contributed by atoms with Gasteiger partial charge in [-0.25, -0.2) is 0 Å². The highest BCUT2D eigenvalue weighted by molar-refractivity contribution is 5.80. The Bertz CT molecular complexity index is 419. The molecular formula is C15H24N2O2. The van der Waals surface area contributed by atoms with Crippen LogP contribution in [0.4, 0.5) is 0 Å². The van der Waals surface area contributed by atoms with E-state index in [0.717, 1.165) is 23.3 Å². The predicted molar refractivity (Wildman–Crippen MR) is 77.4 cm³/mol. The molecule has 0 aliphatic heterocycles. The largest absolute Gasteiger partial charge is 0.493 e. The first kappa shape index (κ1) is 15.5. The molecule has 0 aliphatic carbocycles. The summed E-state index contributed by atoms with van der Waals surface area (Å²) >= 11 is 0. The smallest absolute Gasteiger partial charge is 0.236 e. The second kappa shape index (κ2) is 7.14. The highest BCUT2D eigenvalue weighted by Gasteiger charge is 2.07. The molecule has 0 heterocycles. The van der Waals surface area contributed by atoms with Crippen molar-refractivity contribution in [1.82, 2.24) is 5.32 Å². The van der Waals surface area contributed by atoms with Crippen molar-refractivity contribution in [2.45, 2.75) is 40.2 Å². The molecule has 1 amide bonds. The molecule has 0 aromatic heterocycles. The van der Waals surface area contributed by atoms with Gasteiger partial charge in [0.15, 0.2) is 0 Å². The van der Waals surface area contributed by atoms with Gasteiger partial charge < -0.3 is 15.8 Å². The minimum atomic E-state index is -0.456. The Kier molecular flexibility index (Phi) is 5.83. The van der Waals surface area contributed by atoms with Crippen molar-refractivity contribution in [3.8, 4) is 5.75 Å². The first-order valence-electron chi connectivity index (χ1n) is 6.65. The van der Waals surface area contributed by atoms with Gasteiger partial charge in [-0.15, -0.1) is 0 Å². The summed E-state index contributed by atoms with van der Waals surface area (Å²) in [4.78, 5) is 11.2. The minimum Gasteiger partial charge on any atom is -0.493 e. The average Bonchev–Trinajstić information content (AvgIpc) is 2.30. The lowest BCUT2D eigenvalue weighted by atomic mass is 10.1. The Morgan fingerprint density at radius 1 is 1.32 bits per heavy atom. The van der Waals surface area contributed by atoms with E-state index in [1.807, 2.05) is 13.8 Å². The molecule has 0 aliphatic rings. The van der Waals surface area contributed by atoms with E-state index >= 15 is 0 Å². The van der Waals surface area contributed by atoms with E-state index in [1.165, 1.54) is 5.56 Å². The van der Waals surface area contributed by atoms with Crippen molar-refractivity contribution in [1.29, 1.82) is 0 Å². The summed E-state index contributed by atoms with van der Waals surface area (Å²) in [6, 6.07) is 3.77. The first-order valence-corrected chi connectivity index (χ1v) is 6.65. The Morgan fingerprint density at radius 3 is 2.42 bits per heavy atom. The van der Waals surface area contributed by atoms with Gasteiger partial charge in [0.2, 0.25) is 5.91 Å². The third-order valence-corrected chi connectivity index (χ3v) is 2.88. The van der Waals surface area contributed by atoms with Crippen molar-refractivity contribution in [2.24, 2.45) is 5.73 Å². The van der Waals surface area contributed by atoms with Gasteiger partial charge in [-0.05, 0) is 45.2 Å². The monoisotopic (exact) mass is 264 g/mol. The second-order valence-corrected chi connectivity index (χ2v) is 5.01. The minimum absolute atomic E-state index is 0.123. The van der Waals surface area contributed by atoms with E-state index in [-0.39, 0.29) is 5.91 Å². The summed E-state index contributed by atoms with van der Waals surface area (Å²) in [6.07, 6.45) is 0.769. The van der Waals surface area contributed by atoms with Crippen molar-refractivity contribution >= 4 is 5.91 Å². The summed E-state index contributed by atoms with van der Waals surface area (Å²) in [5.41, 5.74) is 8.99. The number of rotatable bonds is 6. The molecule has 1 aromatic rings. The number of amides is 1. The molecule has 4 heteroatoms. The van der Waals surface area contributed by atoms with Gasteiger partial charge in [-0.2, -0.15) is 0 Å². The van der Waals surface area contributed by atoms with Gasteiger partial charge in [0.05, 0.1) is 12.6 Å². The Balaban J connectivity index is 2.36. The van der Waals surface area contributed by atoms with Crippen molar-refractivity contribution < 1.29 is 9.53 Å². The molecule has 4 nitrogen and oxygen atoms in total. The molecule has 0 saturated carbocycles. The van der Waals surface area contributed by atoms with Crippen LogP contribution in [0.25, 0.3) is 0 Å². The van der Waals surface area contributed by atoms with Gasteiger partial charge in [-0.3, -0.25) is 4.79 Å². The topological polar surface area (TPSA) is 64.3 Å². The molecule has 0 saturated heterocycles. The predicted octanol–water partition coefficient (Wildman–Crippen LogP) is 1.84. The van der Waals surface area contributed by atoms with E-state index in [0.29, 0.717) is 13.2 Å². The van der Waals surface area contributed by atoms with Gasteiger partial charge in [0.1, 0.15) is 5.75 Å². The fourth-order valence-corrected chi connectivity index (χ4v) is 2.01. The maximum absolute atomic E-state index is 11.2. The number of hydrogen-bond acceptors (Lipinski definition) is 3. The maximum atomic E-state index is 11.2. The zero-order valence-corrected chi connectivity index (χ0v) is 12.2. The molecular weight excluding hydrogens is 240 g/mol. The summed E-state index contributed by atoms with van der Waals surface area (Å²) in [5, 5.41) is 2.76. The average molecular weight is 264 g/mol. The molecule has 3 N–H and O–H groups in total. The van der Waals surface area contributed by atoms with Gasteiger partial charge in [0, 0.05) is 6.54 Å². The highest BCUT2D eigenvalue weighted by atomic mass is 16.5. The Hall–Kier alpha value is -1.55. The fourth-order valence-electron chi connectivity index (χ4n) is 2.01. The molecule has 0 radical (unpaired) electrons. The zero-order valence-electron chi connectivity index (χ0n) is 12.2. The molecule has 1 unspecified atom stereocenters. The second-order valence-electron chi connectivity index (χ2n) is 5.01.